The fourth-order valence-electron chi connectivity index (χ4n) is 11.4. The van der Waals surface area contributed by atoms with Crippen LogP contribution >= 0.6 is 0 Å². The molecule has 0 radical (unpaired) electrons. The van der Waals surface area contributed by atoms with Gasteiger partial charge in [0.05, 0.1) is 25.4 Å². The molecule has 1 amide bonds. The van der Waals surface area contributed by atoms with E-state index in [1.165, 1.54) is 321 Å². The Morgan fingerprint density at radius 3 is 1.00 bits per heavy atom. The van der Waals surface area contributed by atoms with E-state index in [1.54, 1.807) is 6.08 Å². The molecule has 0 aromatic rings. The van der Waals surface area contributed by atoms with Crippen molar-refractivity contribution in [2.75, 3.05) is 13.2 Å². The molecule has 0 aliphatic rings. The van der Waals surface area contributed by atoms with Gasteiger partial charge in [-0.25, -0.2) is 0 Å². The molecule has 0 saturated heterocycles. The van der Waals surface area contributed by atoms with Gasteiger partial charge in [-0.2, -0.15) is 0 Å². The number of ether oxygens (including phenoxy) is 1. The maximum atomic E-state index is 12.5. The Balaban J connectivity index is 3.40. The van der Waals surface area contributed by atoms with Crippen molar-refractivity contribution < 1.29 is 24.5 Å². The van der Waals surface area contributed by atoms with E-state index in [4.69, 9.17) is 4.74 Å². The van der Waals surface area contributed by atoms with E-state index >= 15 is 0 Å². The molecule has 0 aliphatic carbocycles. The van der Waals surface area contributed by atoms with Crippen LogP contribution in [-0.2, 0) is 14.3 Å². The number of rotatable bonds is 68. The minimum absolute atomic E-state index is 0.00112. The Morgan fingerprint density at radius 1 is 0.350 bits per heavy atom. The van der Waals surface area contributed by atoms with Gasteiger partial charge < -0.3 is 20.3 Å². The van der Waals surface area contributed by atoms with Gasteiger partial charge in [-0.3, -0.25) is 9.59 Å². The van der Waals surface area contributed by atoms with Crippen LogP contribution in [0.1, 0.15) is 399 Å². The fraction of sp³-hybridized carbons (Fsp3) is 0.892. The van der Waals surface area contributed by atoms with E-state index < -0.39 is 12.1 Å². The third kappa shape index (κ3) is 65.2. The summed E-state index contributed by atoms with van der Waals surface area (Å²) in [4.78, 5) is 24.6. The number of carbonyl (C=O) groups is 2. The van der Waals surface area contributed by atoms with Gasteiger partial charge in [0.2, 0.25) is 5.91 Å². The number of aliphatic hydroxyl groups excluding tert-OH is 2. The largest absolute Gasteiger partial charge is 0.466 e. The molecule has 80 heavy (non-hydrogen) atoms. The van der Waals surface area contributed by atoms with Crippen molar-refractivity contribution in [2.45, 2.75) is 411 Å². The van der Waals surface area contributed by atoms with Crippen LogP contribution in [0.5, 0.6) is 0 Å². The van der Waals surface area contributed by atoms with Crippen LogP contribution in [0, 0.1) is 0 Å². The van der Waals surface area contributed by atoms with Gasteiger partial charge in [0, 0.05) is 12.8 Å². The number of hydrogen-bond acceptors (Lipinski definition) is 5. The van der Waals surface area contributed by atoms with Crippen LogP contribution in [0.25, 0.3) is 0 Å². The molecule has 0 saturated carbocycles. The molecule has 472 valence electrons. The number of carbonyl (C=O) groups excluding carboxylic acids is 2. The zero-order chi connectivity index (χ0) is 57.8. The molecule has 0 spiro atoms. The Hall–Kier alpha value is -1.92. The topological polar surface area (TPSA) is 95.9 Å². The summed E-state index contributed by atoms with van der Waals surface area (Å²) in [6.07, 6.45) is 89.5. The first kappa shape index (κ1) is 78.1. The van der Waals surface area contributed by atoms with Crippen molar-refractivity contribution in [3.63, 3.8) is 0 Å². The van der Waals surface area contributed by atoms with Gasteiger partial charge in [0.15, 0.2) is 0 Å². The number of hydrogen-bond donors (Lipinski definition) is 3. The van der Waals surface area contributed by atoms with Crippen molar-refractivity contribution in [2.24, 2.45) is 0 Å². The third-order valence-electron chi connectivity index (χ3n) is 16.9. The highest BCUT2D eigenvalue weighted by atomic mass is 16.5. The first-order valence-electron chi connectivity index (χ1n) is 36.3. The summed E-state index contributed by atoms with van der Waals surface area (Å²) in [5, 5.41) is 23.3. The van der Waals surface area contributed by atoms with Crippen LogP contribution in [-0.4, -0.2) is 47.4 Å². The Labute approximate surface area is 500 Å². The summed E-state index contributed by atoms with van der Waals surface area (Å²) in [6.45, 7) is 4.87. The number of esters is 1. The van der Waals surface area contributed by atoms with Crippen LogP contribution in [0.4, 0.5) is 0 Å². The second-order valence-electron chi connectivity index (χ2n) is 24.9. The van der Waals surface area contributed by atoms with E-state index in [-0.39, 0.29) is 18.5 Å². The molecule has 0 fully saturated rings. The van der Waals surface area contributed by atoms with Crippen LogP contribution < -0.4 is 5.32 Å². The lowest BCUT2D eigenvalue weighted by Crippen LogP contribution is -2.45. The number of amides is 1. The van der Waals surface area contributed by atoms with E-state index in [9.17, 15) is 19.8 Å². The molecule has 0 aromatic heterocycles. The highest BCUT2D eigenvalue weighted by molar-refractivity contribution is 5.76. The van der Waals surface area contributed by atoms with Gasteiger partial charge in [0.25, 0.3) is 0 Å². The van der Waals surface area contributed by atoms with Crippen molar-refractivity contribution in [3.8, 4) is 0 Å². The molecule has 0 bridgehead atoms. The number of nitrogens with one attached hydrogen (secondary N) is 1. The lowest BCUT2D eigenvalue weighted by atomic mass is 10.0. The quantitative estimate of drug-likeness (QED) is 0.0320. The highest BCUT2D eigenvalue weighted by Crippen LogP contribution is 2.19. The summed E-state index contributed by atoms with van der Waals surface area (Å²) in [7, 11) is 0. The van der Waals surface area contributed by atoms with Crippen LogP contribution in [0.15, 0.2) is 36.5 Å². The molecular weight excluding hydrogens is 983 g/mol. The van der Waals surface area contributed by atoms with Crippen LogP contribution in [0.2, 0.25) is 0 Å². The van der Waals surface area contributed by atoms with Crippen molar-refractivity contribution in [1.82, 2.24) is 5.32 Å². The number of aliphatic hydroxyl groups is 2. The minimum atomic E-state index is -0.845. The Bertz CT molecular complexity index is 1300. The summed E-state index contributed by atoms with van der Waals surface area (Å²) in [5.41, 5.74) is 0. The smallest absolute Gasteiger partial charge is 0.305 e. The average Bonchev–Trinajstić information content (AvgIpc) is 3.46. The highest BCUT2D eigenvalue weighted by Gasteiger charge is 2.18. The van der Waals surface area contributed by atoms with Crippen LogP contribution in [0.3, 0.4) is 0 Å². The summed E-state index contributed by atoms with van der Waals surface area (Å²) < 4.78 is 5.48. The van der Waals surface area contributed by atoms with E-state index in [2.05, 4.69) is 43.5 Å². The first-order chi connectivity index (χ1) is 39.5. The zero-order valence-corrected chi connectivity index (χ0v) is 54.1. The molecule has 3 N–H and O–H groups in total. The van der Waals surface area contributed by atoms with Crippen molar-refractivity contribution in [3.05, 3.63) is 36.5 Å². The average molecular weight is 1120 g/mol. The molecule has 2 unspecified atom stereocenters. The van der Waals surface area contributed by atoms with E-state index in [0.717, 1.165) is 51.4 Å². The summed E-state index contributed by atoms with van der Waals surface area (Å²) in [5.74, 6) is -0.0609. The van der Waals surface area contributed by atoms with Gasteiger partial charge in [-0.15, -0.1) is 0 Å². The zero-order valence-electron chi connectivity index (χ0n) is 54.1. The Morgan fingerprint density at radius 2 is 0.650 bits per heavy atom. The SMILES string of the molecule is CCC/C=C\C/C=C\CCCCCCCC(=O)OCCCCCCCCCCCCCCCCCCCCCCCCCCCC(=O)NC(CO)C(O)/C=C/CCCCCCCCCCCCCCCCCCCCCCCCC. The van der Waals surface area contributed by atoms with Gasteiger partial charge in [0.1, 0.15) is 0 Å². The predicted molar refractivity (Wildman–Crippen MR) is 352 cm³/mol. The molecule has 2 atom stereocenters. The third-order valence-corrected chi connectivity index (χ3v) is 16.9. The number of unbranched alkanes of at least 4 members (excludes halogenated alkanes) is 53. The van der Waals surface area contributed by atoms with Crippen molar-refractivity contribution in [1.29, 1.82) is 0 Å². The van der Waals surface area contributed by atoms with Gasteiger partial charge in [-0.05, 0) is 57.8 Å². The fourth-order valence-corrected chi connectivity index (χ4v) is 11.4. The van der Waals surface area contributed by atoms with Gasteiger partial charge in [-0.1, -0.05) is 365 Å². The maximum Gasteiger partial charge on any atom is 0.305 e. The summed E-state index contributed by atoms with van der Waals surface area (Å²) >= 11 is 0. The second-order valence-corrected chi connectivity index (χ2v) is 24.9. The number of allylic oxidation sites excluding steroid dienone is 5. The Kier molecular flexibility index (Phi) is 67.9. The molecule has 6 heteroatoms. The lowest BCUT2D eigenvalue weighted by Gasteiger charge is -2.20. The normalized spacial score (nSPS) is 12.7. The predicted octanol–water partition coefficient (Wildman–Crippen LogP) is 23.5. The molecule has 0 rings (SSSR count). The minimum Gasteiger partial charge on any atom is -0.466 e. The second kappa shape index (κ2) is 69.6. The lowest BCUT2D eigenvalue weighted by molar-refractivity contribution is -0.143. The monoisotopic (exact) mass is 1120 g/mol. The molecule has 0 aromatic carbocycles. The van der Waals surface area contributed by atoms with Gasteiger partial charge >= 0.3 is 5.97 Å². The summed E-state index contributed by atoms with van der Waals surface area (Å²) in [6, 6.07) is -0.628. The first-order valence-corrected chi connectivity index (χ1v) is 36.3. The van der Waals surface area contributed by atoms with E-state index in [1.807, 2.05) is 6.08 Å². The van der Waals surface area contributed by atoms with E-state index in [0.29, 0.717) is 19.4 Å². The standard InChI is InChI=1S/C74H141NO5/c1-3-5-7-9-11-13-15-17-18-19-20-21-22-24-27-30-33-36-39-43-46-50-54-58-62-66-72(77)71(70-76)75-73(78)67-63-59-55-51-47-44-40-37-34-31-28-25-23-26-29-32-35-38-41-45-49-53-57-61-65-69-80-74(79)68-64-60-56-52-48-42-16-14-12-10-8-6-4-2/h8,10,14,16,62,66,71-72,76-77H,3-7,9,11-13,15,17-61,63-65,67-70H2,1-2H3,(H,75,78)/b10-8-,16-14-,66-62+. The molecule has 6 nitrogen and oxygen atoms in total. The maximum absolute atomic E-state index is 12.5. The molecule has 0 aliphatic heterocycles. The molecule has 0 heterocycles. The van der Waals surface area contributed by atoms with Crippen molar-refractivity contribution >= 4 is 11.9 Å². The molecular formula is C74H141NO5.